The van der Waals surface area contributed by atoms with Crippen molar-refractivity contribution in [2.24, 2.45) is 17.1 Å². The van der Waals surface area contributed by atoms with E-state index in [0.717, 1.165) is 12.8 Å². The van der Waals surface area contributed by atoms with E-state index in [1.807, 2.05) is 13.8 Å². The van der Waals surface area contributed by atoms with Crippen molar-refractivity contribution < 1.29 is 4.79 Å². The van der Waals surface area contributed by atoms with Crippen LogP contribution >= 0.6 is 0 Å². The maximum absolute atomic E-state index is 11.5. The monoisotopic (exact) mass is 193 g/mol. The van der Waals surface area contributed by atoms with E-state index in [0.29, 0.717) is 0 Å². The Kier molecular flexibility index (Phi) is 3.14. The molecule has 0 spiro atoms. The van der Waals surface area contributed by atoms with Crippen molar-refractivity contribution in [3.63, 3.8) is 0 Å². The van der Waals surface area contributed by atoms with E-state index in [2.05, 4.69) is 25.2 Å². The second kappa shape index (κ2) is 3.99. The van der Waals surface area contributed by atoms with Gasteiger partial charge >= 0.3 is 0 Å². The fourth-order valence-electron chi connectivity index (χ4n) is 2.06. The summed E-state index contributed by atoms with van der Waals surface area (Å²) in [5, 5.41) is 0. The molecule has 0 bridgehead atoms. The van der Waals surface area contributed by atoms with Gasteiger partial charge in [0.05, 0.1) is 5.41 Å². The molecule has 0 aromatic carbocycles. The first-order valence-corrected chi connectivity index (χ1v) is 5.26. The zero-order valence-electron chi connectivity index (χ0n) is 9.21. The van der Waals surface area contributed by atoms with Crippen LogP contribution in [-0.4, -0.2) is 5.91 Å². The number of amides is 1. The van der Waals surface area contributed by atoms with Crippen LogP contribution < -0.4 is 5.73 Å². The molecule has 0 heterocycles. The van der Waals surface area contributed by atoms with Gasteiger partial charge in [-0.25, -0.2) is 0 Å². The highest BCUT2D eigenvalue weighted by atomic mass is 16.1. The Morgan fingerprint density at radius 3 is 2.64 bits per heavy atom. The van der Waals surface area contributed by atoms with E-state index in [-0.39, 0.29) is 11.8 Å². The Hall–Kier alpha value is -1.05. The van der Waals surface area contributed by atoms with Gasteiger partial charge in [-0.2, -0.15) is 0 Å². The van der Waals surface area contributed by atoms with Crippen LogP contribution in [0.3, 0.4) is 0 Å². The summed E-state index contributed by atoms with van der Waals surface area (Å²) in [6, 6.07) is 0. The van der Waals surface area contributed by atoms with Crippen LogP contribution in [0.15, 0.2) is 23.8 Å². The van der Waals surface area contributed by atoms with E-state index < -0.39 is 5.41 Å². The minimum absolute atomic E-state index is 0.206. The Labute approximate surface area is 85.9 Å². The minimum atomic E-state index is -0.458. The Morgan fingerprint density at radius 1 is 1.57 bits per heavy atom. The predicted molar refractivity (Wildman–Crippen MR) is 58.6 cm³/mol. The third-order valence-corrected chi connectivity index (χ3v) is 3.31. The van der Waals surface area contributed by atoms with Gasteiger partial charge in [0.2, 0.25) is 5.91 Å². The quantitative estimate of drug-likeness (QED) is 0.735. The molecular weight excluding hydrogens is 174 g/mol. The standard InChI is InChI=1S/C12H19NO/c1-4-10-7-6-9(3)12(5-2,8-10)11(13)14/h6-9H,4-5H2,1-3H3,(H2,13,14). The minimum Gasteiger partial charge on any atom is -0.369 e. The highest BCUT2D eigenvalue weighted by Crippen LogP contribution is 2.38. The molecule has 0 aromatic heterocycles. The van der Waals surface area contributed by atoms with Gasteiger partial charge < -0.3 is 5.73 Å². The molecule has 2 nitrogen and oxygen atoms in total. The Bertz CT molecular complexity index is 291. The largest absolute Gasteiger partial charge is 0.369 e. The SMILES string of the molecule is CCC1=CC(CC)(C(N)=O)C(C)C=C1. The van der Waals surface area contributed by atoms with Gasteiger partial charge in [-0.1, -0.05) is 44.6 Å². The number of carbonyl (C=O) groups excluding carboxylic acids is 1. The number of primary amides is 1. The van der Waals surface area contributed by atoms with Crippen LogP contribution in [0.4, 0.5) is 0 Å². The maximum atomic E-state index is 11.5. The van der Waals surface area contributed by atoms with Gasteiger partial charge in [0, 0.05) is 0 Å². The third-order valence-electron chi connectivity index (χ3n) is 3.31. The van der Waals surface area contributed by atoms with E-state index in [1.54, 1.807) is 0 Å². The van der Waals surface area contributed by atoms with E-state index in [9.17, 15) is 4.79 Å². The maximum Gasteiger partial charge on any atom is 0.228 e. The summed E-state index contributed by atoms with van der Waals surface area (Å²) in [6.07, 6.45) is 7.98. The van der Waals surface area contributed by atoms with Crippen LogP contribution in [0.2, 0.25) is 0 Å². The van der Waals surface area contributed by atoms with Gasteiger partial charge in [-0.05, 0) is 18.8 Å². The van der Waals surface area contributed by atoms with Crippen molar-refractivity contribution in [2.75, 3.05) is 0 Å². The first-order chi connectivity index (χ1) is 6.56. The predicted octanol–water partition coefficient (Wildman–Crippen LogP) is 2.41. The molecule has 14 heavy (non-hydrogen) atoms. The smallest absolute Gasteiger partial charge is 0.228 e. The van der Waals surface area contributed by atoms with Crippen molar-refractivity contribution >= 4 is 5.91 Å². The number of allylic oxidation sites excluding steroid dienone is 3. The first kappa shape index (κ1) is 11.0. The summed E-state index contributed by atoms with van der Waals surface area (Å²) in [5.74, 6) is 0.00287. The molecule has 0 saturated carbocycles. The van der Waals surface area contributed by atoms with Crippen molar-refractivity contribution in [1.82, 2.24) is 0 Å². The van der Waals surface area contributed by atoms with Crippen molar-refractivity contribution in [1.29, 1.82) is 0 Å². The molecule has 1 amide bonds. The Morgan fingerprint density at radius 2 is 2.21 bits per heavy atom. The second-order valence-electron chi connectivity index (χ2n) is 3.98. The number of rotatable bonds is 3. The summed E-state index contributed by atoms with van der Waals surface area (Å²) < 4.78 is 0. The average Bonchev–Trinajstić information content (AvgIpc) is 2.18. The second-order valence-corrected chi connectivity index (χ2v) is 3.98. The summed E-state index contributed by atoms with van der Waals surface area (Å²) in [6.45, 7) is 6.16. The summed E-state index contributed by atoms with van der Waals surface area (Å²) in [7, 11) is 0. The molecule has 1 aliphatic rings. The molecule has 2 unspecified atom stereocenters. The van der Waals surface area contributed by atoms with Crippen molar-refractivity contribution in [2.45, 2.75) is 33.6 Å². The number of carbonyl (C=O) groups is 1. The normalized spacial score (nSPS) is 31.4. The fraction of sp³-hybridized carbons (Fsp3) is 0.583. The molecule has 2 heteroatoms. The fourth-order valence-corrected chi connectivity index (χ4v) is 2.06. The lowest BCUT2D eigenvalue weighted by atomic mass is 9.69. The molecule has 0 saturated heterocycles. The topological polar surface area (TPSA) is 43.1 Å². The third kappa shape index (κ3) is 1.61. The van der Waals surface area contributed by atoms with Crippen LogP contribution in [0.25, 0.3) is 0 Å². The van der Waals surface area contributed by atoms with E-state index >= 15 is 0 Å². The van der Waals surface area contributed by atoms with Crippen LogP contribution in [0.5, 0.6) is 0 Å². The van der Waals surface area contributed by atoms with Gasteiger partial charge in [0.1, 0.15) is 0 Å². The first-order valence-electron chi connectivity index (χ1n) is 5.26. The molecule has 0 fully saturated rings. The number of hydrogen-bond acceptors (Lipinski definition) is 1. The van der Waals surface area contributed by atoms with E-state index in [1.165, 1.54) is 5.57 Å². The summed E-state index contributed by atoms with van der Waals surface area (Å²) in [4.78, 5) is 11.5. The van der Waals surface area contributed by atoms with Crippen LogP contribution in [0, 0.1) is 11.3 Å². The molecule has 1 rings (SSSR count). The average molecular weight is 193 g/mol. The number of hydrogen-bond donors (Lipinski definition) is 1. The molecule has 2 N–H and O–H groups in total. The zero-order chi connectivity index (χ0) is 10.8. The van der Waals surface area contributed by atoms with E-state index in [4.69, 9.17) is 5.73 Å². The Balaban J connectivity index is 3.11. The van der Waals surface area contributed by atoms with Gasteiger partial charge in [0.15, 0.2) is 0 Å². The van der Waals surface area contributed by atoms with Crippen LogP contribution in [0.1, 0.15) is 33.6 Å². The van der Waals surface area contributed by atoms with Crippen molar-refractivity contribution in [3.8, 4) is 0 Å². The highest BCUT2D eigenvalue weighted by Gasteiger charge is 2.38. The molecule has 2 atom stereocenters. The van der Waals surface area contributed by atoms with Gasteiger partial charge in [-0.3, -0.25) is 4.79 Å². The highest BCUT2D eigenvalue weighted by molar-refractivity contribution is 5.84. The molecule has 78 valence electrons. The van der Waals surface area contributed by atoms with Gasteiger partial charge in [-0.15, -0.1) is 0 Å². The molecule has 0 aliphatic heterocycles. The summed E-state index contributed by atoms with van der Waals surface area (Å²) >= 11 is 0. The lowest BCUT2D eigenvalue weighted by Gasteiger charge is -2.34. The van der Waals surface area contributed by atoms with Gasteiger partial charge in [0.25, 0.3) is 0 Å². The molecule has 1 aliphatic carbocycles. The lowest BCUT2D eigenvalue weighted by molar-refractivity contribution is -0.127. The summed E-state index contributed by atoms with van der Waals surface area (Å²) in [5.41, 5.74) is 6.26. The molecular formula is C12H19NO. The van der Waals surface area contributed by atoms with Crippen molar-refractivity contribution in [3.05, 3.63) is 23.8 Å². The molecule has 0 aromatic rings. The van der Waals surface area contributed by atoms with Crippen LogP contribution in [-0.2, 0) is 4.79 Å². The molecule has 0 radical (unpaired) electrons. The zero-order valence-corrected chi connectivity index (χ0v) is 9.21. The lowest BCUT2D eigenvalue weighted by Crippen LogP contribution is -2.41. The number of nitrogens with two attached hydrogens (primary N) is 1.